The number of ether oxygens (including phenoxy) is 1. The summed E-state index contributed by atoms with van der Waals surface area (Å²) in [5.74, 6) is 1.34. The Labute approximate surface area is 123 Å². The van der Waals surface area contributed by atoms with Gasteiger partial charge in [-0.25, -0.2) is 9.97 Å². The number of nitrogens with one attached hydrogen (secondary N) is 1. The van der Waals surface area contributed by atoms with Crippen LogP contribution in [0, 0.1) is 0 Å². The van der Waals surface area contributed by atoms with Crippen LogP contribution in [0.4, 0.5) is 5.82 Å². The molecular weight excluding hydrogens is 276 g/mol. The molecule has 2 heterocycles. The number of hydrogen-bond acceptors (Lipinski definition) is 6. The van der Waals surface area contributed by atoms with E-state index in [1.54, 1.807) is 6.33 Å². The number of carbonyl (C=O) groups is 1. The number of amides is 1. The molecular formula is C13H20N4O2S. The van der Waals surface area contributed by atoms with Crippen molar-refractivity contribution in [1.82, 2.24) is 15.3 Å². The van der Waals surface area contributed by atoms with Crippen molar-refractivity contribution >= 4 is 23.5 Å². The van der Waals surface area contributed by atoms with Crippen molar-refractivity contribution in [3.8, 4) is 0 Å². The first kappa shape index (κ1) is 15.1. The van der Waals surface area contributed by atoms with Crippen LogP contribution < -0.4 is 10.2 Å². The molecule has 0 atom stereocenters. The lowest BCUT2D eigenvalue weighted by Gasteiger charge is -2.27. The van der Waals surface area contributed by atoms with Crippen LogP contribution in [-0.2, 0) is 9.53 Å². The van der Waals surface area contributed by atoms with Gasteiger partial charge in [0.05, 0.1) is 19.0 Å². The molecule has 110 valence electrons. The normalized spacial score (nSPS) is 15.2. The summed E-state index contributed by atoms with van der Waals surface area (Å²) >= 11 is 1.44. The van der Waals surface area contributed by atoms with Crippen LogP contribution >= 0.6 is 11.8 Å². The maximum absolute atomic E-state index is 11.6. The summed E-state index contributed by atoms with van der Waals surface area (Å²) in [7, 11) is 0. The summed E-state index contributed by atoms with van der Waals surface area (Å²) in [6, 6.07) is 1.93. The lowest BCUT2D eigenvalue weighted by atomic mass is 10.4. The zero-order chi connectivity index (χ0) is 14.2. The van der Waals surface area contributed by atoms with E-state index >= 15 is 0 Å². The summed E-state index contributed by atoms with van der Waals surface area (Å²) in [5.41, 5.74) is 0. The fourth-order valence-corrected chi connectivity index (χ4v) is 2.52. The summed E-state index contributed by atoms with van der Waals surface area (Å²) < 4.78 is 5.32. The van der Waals surface area contributed by atoms with E-state index in [-0.39, 0.29) is 5.91 Å². The molecule has 1 aromatic heterocycles. The molecule has 0 radical (unpaired) electrons. The SMILES string of the molecule is CCCNC(=O)CSc1cc(N2CCOCC2)ncn1. The number of aromatic nitrogens is 2. The first-order valence-corrected chi connectivity index (χ1v) is 7.82. The Morgan fingerprint density at radius 3 is 3.00 bits per heavy atom. The first-order valence-electron chi connectivity index (χ1n) is 6.84. The molecule has 0 unspecified atom stereocenters. The van der Waals surface area contributed by atoms with E-state index in [1.165, 1.54) is 11.8 Å². The van der Waals surface area contributed by atoms with E-state index < -0.39 is 0 Å². The molecule has 1 amide bonds. The minimum Gasteiger partial charge on any atom is -0.378 e. The second kappa shape index (κ2) is 8.06. The molecule has 20 heavy (non-hydrogen) atoms. The Morgan fingerprint density at radius 1 is 1.45 bits per heavy atom. The summed E-state index contributed by atoms with van der Waals surface area (Å²) in [6.07, 6.45) is 2.50. The number of anilines is 1. The van der Waals surface area contributed by atoms with Crippen molar-refractivity contribution in [3.63, 3.8) is 0 Å². The first-order chi connectivity index (χ1) is 9.79. The lowest BCUT2D eigenvalue weighted by Crippen LogP contribution is -2.36. The van der Waals surface area contributed by atoms with E-state index in [4.69, 9.17) is 4.74 Å². The highest BCUT2D eigenvalue weighted by molar-refractivity contribution is 7.99. The minimum absolute atomic E-state index is 0.0448. The van der Waals surface area contributed by atoms with Gasteiger partial charge in [-0.1, -0.05) is 18.7 Å². The van der Waals surface area contributed by atoms with E-state index in [9.17, 15) is 4.79 Å². The van der Waals surface area contributed by atoms with Gasteiger partial charge < -0.3 is 15.0 Å². The maximum atomic E-state index is 11.6. The van der Waals surface area contributed by atoms with Crippen molar-refractivity contribution in [3.05, 3.63) is 12.4 Å². The highest BCUT2D eigenvalue weighted by Crippen LogP contribution is 2.20. The summed E-state index contributed by atoms with van der Waals surface area (Å²) in [5, 5.41) is 3.68. The van der Waals surface area contributed by atoms with E-state index in [2.05, 4.69) is 20.2 Å². The van der Waals surface area contributed by atoms with Gasteiger partial charge in [-0.05, 0) is 6.42 Å². The van der Waals surface area contributed by atoms with Gasteiger partial charge in [-0.2, -0.15) is 0 Å². The molecule has 6 nitrogen and oxygen atoms in total. The Kier molecular flexibility index (Phi) is 6.07. The Balaban J connectivity index is 1.87. The third kappa shape index (κ3) is 4.64. The Hall–Kier alpha value is -1.34. The van der Waals surface area contributed by atoms with Gasteiger partial charge in [0, 0.05) is 25.7 Å². The monoisotopic (exact) mass is 296 g/mol. The standard InChI is InChI=1S/C13H20N4O2S/c1-2-3-14-12(18)9-20-13-8-11(15-10-16-13)17-4-6-19-7-5-17/h8,10H,2-7,9H2,1H3,(H,14,18). The zero-order valence-electron chi connectivity index (χ0n) is 11.7. The molecule has 1 fully saturated rings. The fourth-order valence-electron chi connectivity index (χ4n) is 1.83. The van der Waals surface area contributed by atoms with Gasteiger partial charge in [-0.3, -0.25) is 4.79 Å². The maximum Gasteiger partial charge on any atom is 0.230 e. The number of hydrogen-bond donors (Lipinski definition) is 1. The van der Waals surface area contributed by atoms with Crippen molar-refractivity contribution in [1.29, 1.82) is 0 Å². The topological polar surface area (TPSA) is 67.4 Å². The van der Waals surface area contributed by atoms with Crippen LogP contribution in [0.15, 0.2) is 17.4 Å². The van der Waals surface area contributed by atoms with Gasteiger partial charge >= 0.3 is 0 Å². The molecule has 0 bridgehead atoms. The smallest absolute Gasteiger partial charge is 0.230 e. The zero-order valence-corrected chi connectivity index (χ0v) is 12.5. The van der Waals surface area contributed by atoms with Crippen LogP contribution in [0.5, 0.6) is 0 Å². The van der Waals surface area contributed by atoms with Crippen LogP contribution in [0.2, 0.25) is 0 Å². The number of nitrogens with zero attached hydrogens (tertiary/aromatic N) is 3. The molecule has 0 spiro atoms. The number of morpholine rings is 1. The van der Waals surface area contributed by atoms with Gasteiger partial charge in [0.25, 0.3) is 0 Å². The molecule has 1 aliphatic rings. The third-order valence-electron chi connectivity index (χ3n) is 2.89. The largest absolute Gasteiger partial charge is 0.378 e. The average molecular weight is 296 g/mol. The van der Waals surface area contributed by atoms with Crippen molar-refractivity contribution in [2.45, 2.75) is 18.4 Å². The predicted molar refractivity (Wildman–Crippen MR) is 79.1 cm³/mol. The number of rotatable bonds is 6. The summed E-state index contributed by atoms with van der Waals surface area (Å²) in [6.45, 7) is 5.91. The molecule has 0 aromatic carbocycles. The quantitative estimate of drug-likeness (QED) is 0.622. The van der Waals surface area contributed by atoms with Gasteiger partial charge in [0.1, 0.15) is 17.2 Å². The molecule has 0 saturated carbocycles. The highest BCUT2D eigenvalue weighted by atomic mass is 32.2. The second-order valence-corrected chi connectivity index (χ2v) is 5.45. The van der Waals surface area contributed by atoms with E-state index in [0.717, 1.165) is 50.1 Å². The minimum atomic E-state index is 0.0448. The van der Waals surface area contributed by atoms with E-state index in [1.807, 2.05) is 13.0 Å². The fraction of sp³-hybridized carbons (Fsp3) is 0.615. The molecule has 2 rings (SSSR count). The van der Waals surface area contributed by atoms with Gasteiger partial charge in [0.2, 0.25) is 5.91 Å². The molecule has 1 aliphatic heterocycles. The van der Waals surface area contributed by atoms with Crippen LogP contribution in [0.1, 0.15) is 13.3 Å². The molecule has 1 aromatic rings. The second-order valence-electron chi connectivity index (χ2n) is 4.45. The van der Waals surface area contributed by atoms with Crippen molar-refractivity contribution < 1.29 is 9.53 Å². The third-order valence-corrected chi connectivity index (χ3v) is 3.81. The predicted octanol–water partition coefficient (Wildman–Crippen LogP) is 0.931. The molecule has 0 aliphatic carbocycles. The Bertz CT molecular complexity index is 438. The molecule has 1 N–H and O–H groups in total. The van der Waals surface area contributed by atoms with Crippen molar-refractivity contribution in [2.75, 3.05) is 43.5 Å². The van der Waals surface area contributed by atoms with Crippen LogP contribution in [-0.4, -0.2) is 54.5 Å². The average Bonchev–Trinajstić information content (AvgIpc) is 2.52. The molecule has 1 saturated heterocycles. The lowest BCUT2D eigenvalue weighted by molar-refractivity contribution is -0.118. The van der Waals surface area contributed by atoms with Gasteiger partial charge in [-0.15, -0.1) is 0 Å². The number of carbonyl (C=O) groups excluding carboxylic acids is 1. The summed E-state index contributed by atoms with van der Waals surface area (Å²) in [4.78, 5) is 22.2. The van der Waals surface area contributed by atoms with Crippen LogP contribution in [0.3, 0.4) is 0 Å². The van der Waals surface area contributed by atoms with E-state index in [0.29, 0.717) is 5.75 Å². The number of thioether (sulfide) groups is 1. The van der Waals surface area contributed by atoms with Crippen molar-refractivity contribution in [2.24, 2.45) is 0 Å². The van der Waals surface area contributed by atoms with Gasteiger partial charge in [0.15, 0.2) is 0 Å². The molecule has 7 heteroatoms. The Morgan fingerprint density at radius 2 is 2.25 bits per heavy atom. The van der Waals surface area contributed by atoms with Crippen LogP contribution in [0.25, 0.3) is 0 Å². The highest BCUT2D eigenvalue weighted by Gasteiger charge is 2.13.